The number of hydrogen-bond donors (Lipinski definition) is 1. The van der Waals surface area contributed by atoms with Gasteiger partial charge >= 0.3 is 0 Å². The van der Waals surface area contributed by atoms with Gasteiger partial charge in [0.25, 0.3) is 11.5 Å². The number of hydrogen-bond acceptors (Lipinski definition) is 4. The molecule has 7 nitrogen and oxygen atoms in total. The summed E-state index contributed by atoms with van der Waals surface area (Å²) in [5, 5.41) is 3.64. The Kier molecular flexibility index (Phi) is 6.24. The minimum Gasteiger partial charge on any atom is -0.332 e. The van der Waals surface area contributed by atoms with Gasteiger partial charge < -0.3 is 10.2 Å². The van der Waals surface area contributed by atoms with Crippen molar-refractivity contribution in [2.45, 2.75) is 6.92 Å². The van der Waals surface area contributed by atoms with Crippen LogP contribution in [0.25, 0.3) is 16.6 Å². The second-order valence-electron chi connectivity index (χ2n) is 7.55. The maximum atomic E-state index is 13.0. The highest BCUT2D eigenvalue weighted by molar-refractivity contribution is 6.33. The third-order valence-corrected chi connectivity index (χ3v) is 5.52. The van der Waals surface area contributed by atoms with Gasteiger partial charge in [0.1, 0.15) is 5.82 Å². The largest absolute Gasteiger partial charge is 0.332 e. The highest BCUT2D eigenvalue weighted by Gasteiger charge is 2.17. The molecule has 0 bridgehead atoms. The third kappa shape index (κ3) is 4.63. The molecule has 0 saturated carbocycles. The van der Waals surface area contributed by atoms with Crippen molar-refractivity contribution in [3.63, 3.8) is 0 Å². The summed E-state index contributed by atoms with van der Waals surface area (Å²) >= 11 is 6.06. The smallest absolute Gasteiger partial charge is 0.265 e. The molecule has 33 heavy (non-hydrogen) atoms. The summed E-state index contributed by atoms with van der Waals surface area (Å²) in [6.07, 6.45) is 0. The van der Waals surface area contributed by atoms with Gasteiger partial charge in [-0.3, -0.25) is 19.0 Å². The van der Waals surface area contributed by atoms with Crippen molar-refractivity contribution < 1.29 is 9.59 Å². The van der Waals surface area contributed by atoms with Crippen LogP contribution in [0.15, 0.2) is 77.6 Å². The van der Waals surface area contributed by atoms with Crippen LogP contribution in [0.1, 0.15) is 16.2 Å². The van der Waals surface area contributed by atoms with Crippen molar-refractivity contribution in [2.24, 2.45) is 0 Å². The van der Waals surface area contributed by atoms with Crippen LogP contribution >= 0.6 is 11.6 Å². The number of benzene rings is 3. The predicted molar refractivity (Wildman–Crippen MR) is 129 cm³/mol. The number of aromatic nitrogens is 2. The third-order valence-electron chi connectivity index (χ3n) is 5.19. The molecular formula is C25H21ClN4O3. The minimum absolute atomic E-state index is 0.140. The second kappa shape index (κ2) is 9.26. The summed E-state index contributed by atoms with van der Waals surface area (Å²) in [6.45, 7) is 1.62. The van der Waals surface area contributed by atoms with Gasteiger partial charge in [-0.15, -0.1) is 0 Å². The standard InChI is InChI=1S/C25H21ClN4O3/c1-16-27-21-9-5-3-7-19(21)25(33)30(16)18-13-11-17(12-14-18)24(32)29(2)15-23(31)28-22-10-6-4-8-20(22)26/h3-14H,15H2,1-2H3,(H,28,31). The Labute approximate surface area is 195 Å². The number of carbonyl (C=O) groups is 2. The number of fused-ring (bicyclic) bond motifs is 1. The Morgan fingerprint density at radius 2 is 1.67 bits per heavy atom. The zero-order chi connectivity index (χ0) is 23.5. The molecule has 8 heteroatoms. The molecule has 0 aliphatic heterocycles. The SMILES string of the molecule is Cc1nc2ccccc2c(=O)n1-c1ccc(C(=O)N(C)CC(=O)Nc2ccccc2Cl)cc1. The van der Waals surface area contributed by atoms with Crippen LogP contribution in [0.5, 0.6) is 0 Å². The van der Waals surface area contributed by atoms with Crippen LogP contribution in [0, 0.1) is 6.92 Å². The molecule has 1 aromatic heterocycles. The van der Waals surface area contributed by atoms with Crippen LogP contribution in [0.2, 0.25) is 5.02 Å². The van der Waals surface area contributed by atoms with Gasteiger partial charge in [-0.25, -0.2) is 4.98 Å². The van der Waals surface area contributed by atoms with Crippen LogP contribution in [0.3, 0.4) is 0 Å². The highest BCUT2D eigenvalue weighted by Crippen LogP contribution is 2.20. The van der Waals surface area contributed by atoms with Crippen molar-refractivity contribution in [1.82, 2.24) is 14.5 Å². The Hall–Kier alpha value is -3.97. The molecule has 1 N–H and O–H groups in total. The first-order valence-corrected chi connectivity index (χ1v) is 10.6. The van der Waals surface area contributed by atoms with Gasteiger partial charge in [0, 0.05) is 12.6 Å². The van der Waals surface area contributed by atoms with Crippen LogP contribution in [0.4, 0.5) is 5.69 Å². The fourth-order valence-corrected chi connectivity index (χ4v) is 3.74. The number of para-hydroxylation sites is 2. The lowest BCUT2D eigenvalue weighted by atomic mass is 10.1. The minimum atomic E-state index is -0.361. The monoisotopic (exact) mass is 460 g/mol. The summed E-state index contributed by atoms with van der Waals surface area (Å²) in [5.41, 5.74) is 1.95. The van der Waals surface area contributed by atoms with E-state index in [0.717, 1.165) is 0 Å². The van der Waals surface area contributed by atoms with E-state index in [2.05, 4.69) is 10.3 Å². The predicted octanol–water partition coefficient (Wildman–Crippen LogP) is 4.06. The molecule has 0 unspecified atom stereocenters. The van der Waals surface area contributed by atoms with E-state index in [4.69, 9.17) is 11.6 Å². The lowest BCUT2D eigenvalue weighted by molar-refractivity contribution is -0.116. The van der Waals surface area contributed by atoms with E-state index in [-0.39, 0.29) is 23.9 Å². The van der Waals surface area contributed by atoms with E-state index in [0.29, 0.717) is 38.7 Å². The number of anilines is 1. The fraction of sp³-hybridized carbons (Fsp3) is 0.120. The Balaban J connectivity index is 1.51. The van der Waals surface area contributed by atoms with Crippen molar-refractivity contribution in [3.8, 4) is 5.69 Å². The summed E-state index contributed by atoms with van der Waals surface area (Å²) in [4.78, 5) is 43.9. The number of aryl methyl sites for hydroxylation is 1. The maximum Gasteiger partial charge on any atom is 0.265 e. The normalized spacial score (nSPS) is 10.8. The molecule has 0 aliphatic rings. The average molecular weight is 461 g/mol. The Bertz CT molecular complexity index is 1410. The van der Waals surface area contributed by atoms with Crippen molar-refractivity contribution in [1.29, 1.82) is 0 Å². The van der Waals surface area contributed by atoms with E-state index < -0.39 is 0 Å². The molecule has 0 fully saturated rings. The molecule has 2 amide bonds. The van der Waals surface area contributed by atoms with Gasteiger partial charge in [-0.1, -0.05) is 35.9 Å². The van der Waals surface area contributed by atoms with Crippen molar-refractivity contribution in [2.75, 3.05) is 18.9 Å². The molecule has 0 aliphatic carbocycles. The molecule has 1 heterocycles. The first-order chi connectivity index (χ1) is 15.8. The van der Waals surface area contributed by atoms with Gasteiger partial charge in [0.2, 0.25) is 5.91 Å². The Morgan fingerprint density at radius 3 is 2.39 bits per heavy atom. The lowest BCUT2D eigenvalue weighted by Gasteiger charge is -2.18. The number of halogens is 1. The topological polar surface area (TPSA) is 84.3 Å². The molecule has 0 atom stereocenters. The van der Waals surface area contributed by atoms with E-state index in [9.17, 15) is 14.4 Å². The number of likely N-dealkylation sites (N-methyl/N-ethyl adjacent to an activating group) is 1. The maximum absolute atomic E-state index is 13.0. The molecule has 4 aromatic rings. The number of amides is 2. The van der Waals surface area contributed by atoms with E-state index in [1.807, 2.05) is 6.07 Å². The lowest BCUT2D eigenvalue weighted by Crippen LogP contribution is -2.35. The number of rotatable bonds is 5. The molecule has 3 aromatic carbocycles. The van der Waals surface area contributed by atoms with Gasteiger partial charge in [0.15, 0.2) is 0 Å². The zero-order valence-electron chi connectivity index (χ0n) is 18.1. The van der Waals surface area contributed by atoms with E-state index >= 15 is 0 Å². The quantitative estimate of drug-likeness (QED) is 0.486. The number of nitrogens with one attached hydrogen (secondary N) is 1. The zero-order valence-corrected chi connectivity index (χ0v) is 18.8. The van der Waals surface area contributed by atoms with Crippen LogP contribution < -0.4 is 10.9 Å². The van der Waals surface area contributed by atoms with E-state index in [1.165, 1.54) is 9.47 Å². The van der Waals surface area contributed by atoms with Crippen molar-refractivity contribution >= 4 is 40.0 Å². The van der Waals surface area contributed by atoms with Crippen molar-refractivity contribution in [3.05, 3.63) is 99.6 Å². The summed E-state index contributed by atoms with van der Waals surface area (Å²) in [5.74, 6) is -0.136. The van der Waals surface area contributed by atoms with Gasteiger partial charge in [-0.05, 0) is 55.5 Å². The van der Waals surface area contributed by atoms with Crippen LogP contribution in [-0.2, 0) is 4.79 Å². The molecule has 4 rings (SSSR count). The molecule has 0 spiro atoms. The number of nitrogens with zero attached hydrogens (tertiary/aromatic N) is 3. The molecule has 0 radical (unpaired) electrons. The number of carbonyl (C=O) groups excluding carboxylic acids is 2. The van der Waals surface area contributed by atoms with Crippen LogP contribution in [-0.4, -0.2) is 39.9 Å². The summed E-state index contributed by atoms with van der Waals surface area (Å²) < 4.78 is 1.51. The first kappa shape index (κ1) is 22.2. The Morgan fingerprint density at radius 1 is 1.00 bits per heavy atom. The molecular weight excluding hydrogens is 440 g/mol. The highest BCUT2D eigenvalue weighted by atomic mass is 35.5. The van der Waals surface area contributed by atoms with Gasteiger partial charge in [0.05, 0.1) is 33.8 Å². The van der Waals surface area contributed by atoms with E-state index in [1.54, 1.807) is 80.7 Å². The van der Waals surface area contributed by atoms with Gasteiger partial charge in [-0.2, -0.15) is 0 Å². The average Bonchev–Trinajstić information content (AvgIpc) is 2.80. The molecule has 0 saturated heterocycles. The first-order valence-electron chi connectivity index (χ1n) is 10.2. The second-order valence-corrected chi connectivity index (χ2v) is 7.96. The summed E-state index contributed by atoms with van der Waals surface area (Å²) in [7, 11) is 1.55. The molecule has 166 valence electrons. The summed E-state index contributed by atoms with van der Waals surface area (Å²) in [6, 6.07) is 20.7. The fourth-order valence-electron chi connectivity index (χ4n) is 3.56.